The molecule has 82 valence electrons. The number of hydrogen-bond acceptors (Lipinski definition) is 2. The van der Waals surface area contributed by atoms with E-state index in [-0.39, 0.29) is 6.23 Å². The van der Waals surface area contributed by atoms with E-state index in [2.05, 4.69) is 24.0 Å². The van der Waals surface area contributed by atoms with Crippen molar-refractivity contribution in [2.24, 2.45) is 0 Å². The number of nitrogens with zero attached hydrogens (tertiary/aromatic N) is 1. The van der Waals surface area contributed by atoms with Gasteiger partial charge in [0.1, 0.15) is 6.23 Å². The number of hydrogen-bond donors (Lipinski definition) is 1. The quantitative estimate of drug-likeness (QED) is 0.385. The third-order valence-corrected chi connectivity index (χ3v) is 2.19. The molecule has 0 saturated carbocycles. The predicted molar refractivity (Wildman–Crippen MR) is 62.1 cm³/mol. The Labute approximate surface area is 87.9 Å². The SMILES string of the molecule is C/C=C/C=C/CCCN(CC)C(C)O. The zero-order valence-corrected chi connectivity index (χ0v) is 9.61. The average molecular weight is 197 g/mol. The van der Waals surface area contributed by atoms with Crippen molar-refractivity contribution in [2.45, 2.75) is 39.8 Å². The first-order valence-corrected chi connectivity index (χ1v) is 5.42. The molecule has 0 saturated heterocycles. The average Bonchev–Trinajstić information content (AvgIpc) is 2.16. The Hall–Kier alpha value is -0.600. The minimum Gasteiger partial charge on any atom is -0.379 e. The van der Waals surface area contributed by atoms with Gasteiger partial charge in [0.15, 0.2) is 0 Å². The van der Waals surface area contributed by atoms with Crippen molar-refractivity contribution in [3.8, 4) is 0 Å². The Bertz CT molecular complexity index is 173. The van der Waals surface area contributed by atoms with Gasteiger partial charge in [0.2, 0.25) is 0 Å². The second kappa shape index (κ2) is 8.97. The molecular weight excluding hydrogens is 174 g/mol. The van der Waals surface area contributed by atoms with Crippen LogP contribution < -0.4 is 0 Å². The second-order valence-electron chi connectivity index (χ2n) is 3.36. The maximum Gasteiger partial charge on any atom is 0.104 e. The molecule has 0 aromatic heterocycles. The van der Waals surface area contributed by atoms with Gasteiger partial charge in [-0.15, -0.1) is 0 Å². The summed E-state index contributed by atoms with van der Waals surface area (Å²) in [5.74, 6) is 0. The summed E-state index contributed by atoms with van der Waals surface area (Å²) in [5.41, 5.74) is 0. The van der Waals surface area contributed by atoms with Gasteiger partial charge in [-0.25, -0.2) is 0 Å². The first kappa shape index (κ1) is 13.4. The fraction of sp³-hybridized carbons (Fsp3) is 0.667. The molecule has 0 fully saturated rings. The van der Waals surface area contributed by atoms with Crippen molar-refractivity contribution in [3.05, 3.63) is 24.3 Å². The highest BCUT2D eigenvalue weighted by atomic mass is 16.3. The molecule has 2 nitrogen and oxygen atoms in total. The smallest absolute Gasteiger partial charge is 0.104 e. The van der Waals surface area contributed by atoms with Gasteiger partial charge in [-0.3, -0.25) is 4.90 Å². The number of allylic oxidation sites excluding steroid dienone is 4. The standard InChI is InChI=1S/C12H23NO/c1-4-6-7-8-9-10-11-13(5-2)12(3)14/h4,6-8,12,14H,5,9-11H2,1-3H3/b6-4+,8-7+. The van der Waals surface area contributed by atoms with E-state index in [0.717, 1.165) is 25.9 Å². The third-order valence-electron chi connectivity index (χ3n) is 2.19. The van der Waals surface area contributed by atoms with Crippen molar-refractivity contribution in [3.63, 3.8) is 0 Å². The highest BCUT2D eigenvalue weighted by molar-refractivity contribution is 5.00. The van der Waals surface area contributed by atoms with Crippen molar-refractivity contribution < 1.29 is 5.11 Å². The maximum atomic E-state index is 9.35. The van der Waals surface area contributed by atoms with Crippen LogP contribution in [-0.4, -0.2) is 29.3 Å². The minimum atomic E-state index is -0.320. The lowest BCUT2D eigenvalue weighted by Gasteiger charge is -2.22. The van der Waals surface area contributed by atoms with Crippen LogP contribution in [-0.2, 0) is 0 Å². The monoisotopic (exact) mass is 197 g/mol. The Balaban J connectivity index is 3.51. The van der Waals surface area contributed by atoms with Crippen LogP contribution >= 0.6 is 0 Å². The number of aliphatic hydroxyl groups is 1. The zero-order chi connectivity index (χ0) is 10.8. The highest BCUT2D eigenvalue weighted by Crippen LogP contribution is 2.00. The lowest BCUT2D eigenvalue weighted by atomic mass is 10.2. The van der Waals surface area contributed by atoms with Crippen molar-refractivity contribution in [2.75, 3.05) is 13.1 Å². The lowest BCUT2D eigenvalue weighted by molar-refractivity contribution is 0.0220. The summed E-state index contributed by atoms with van der Waals surface area (Å²) in [6, 6.07) is 0. The maximum absolute atomic E-state index is 9.35. The molecule has 0 aliphatic rings. The molecule has 14 heavy (non-hydrogen) atoms. The van der Waals surface area contributed by atoms with Gasteiger partial charge in [-0.2, -0.15) is 0 Å². The summed E-state index contributed by atoms with van der Waals surface area (Å²) in [6.45, 7) is 7.78. The van der Waals surface area contributed by atoms with Crippen LogP contribution in [0.1, 0.15) is 33.6 Å². The number of aliphatic hydroxyl groups excluding tert-OH is 1. The molecule has 0 bridgehead atoms. The van der Waals surface area contributed by atoms with Gasteiger partial charge in [-0.1, -0.05) is 31.2 Å². The molecule has 0 aliphatic heterocycles. The number of rotatable bonds is 7. The van der Waals surface area contributed by atoms with Crippen LogP contribution in [0.3, 0.4) is 0 Å². The largest absolute Gasteiger partial charge is 0.379 e. The molecule has 0 radical (unpaired) electrons. The van der Waals surface area contributed by atoms with Crippen LogP contribution in [0, 0.1) is 0 Å². The summed E-state index contributed by atoms with van der Waals surface area (Å²) >= 11 is 0. The Morgan fingerprint density at radius 3 is 2.57 bits per heavy atom. The Morgan fingerprint density at radius 1 is 1.36 bits per heavy atom. The molecule has 0 rings (SSSR count). The van der Waals surface area contributed by atoms with Crippen LogP contribution in [0.25, 0.3) is 0 Å². The molecule has 0 aromatic rings. The van der Waals surface area contributed by atoms with Gasteiger partial charge in [0.25, 0.3) is 0 Å². The molecule has 1 N–H and O–H groups in total. The first-order valence-electron chi connectivity index (χ1n) is 5.42. The Morgan fingerprint density at radius 2 is 2.07 bits per heavy atom. The molecular formula is C12H23NO. The molecule has 0 spiro atoms. The summed E-state index contributed by atoms with van der Waals surface area (Å²) in [5, 5.41) is 9.35. The first-order chi connectivity index (χ1) is 6.72. The van der Waals surface area contributed by atoms with E-state index in [0.29, 0.717) is 0 Å². The molecule has 1 unspecified atom stereocenters. The van der Waals surface area contributed by atoms with E-state index in [1.165, 1.54) is 0 Å². The van der Waals surface area contributed by atoms with E-state index in [9.17, 15) is 5.11 Å². The highest BCUT2D eigenvalue weighted by Gasteiger charge is 2.05. The Kier molecular flexibility index (Phi) is 8.59. The lowest BCUT2D eigenvalue weighted by Crippen LogP contribution is -2.33. The molecule has 0 aromatic carbocycles. The van der Waals surface area contributed by atoms with E-state index in [1.807, 2.05) is 26.0 Å². The normalized spacial score (nSPS) is 14.6. The zero-order valence-electron chi connectivity index (χ0n) is 9.61. The van der Waals surface area contributed by atoms with Gasteiger partial charge >= 0.3 is 0 Å². The van der Waals surface area contributed by atoms with Crippen molar-refractivity contribution in [1.82, 2.24) is 4.90 Å². The summed E-state index contributed by atoms with van der Waals surface area (Å²) in [4.78, 5) is 2.06. The van der Waals surface area contributed by atoms with Crippen LogP contribution in [0.15, 0.2) is 24.3 Å². The van der Waals surface area contributed by atoms with E-state index in [4.69, 9.17) is 0 Å². The summed E-state index contributed by atoms with van der Waals surface area (Å²) in [7, 11) is 0. The summed E-state index contributed by atoms with van der Waals surface area (Å²) < 4.78 is 0. The molecule has 2 heteroatoms. The second-order valence-corrected chi connectivity index (χ2v) is 3.36. The third kappa shape index (κ3) is 6.87. The summed E-state index contributed by atoms with van der Waals surface area (Å²) in [6.07, 6.45) is 10.1. The van der Waals surface area contributed by atoms with Gasteiger partial charge in [0.05, 0.1) is 0 Å². The molecule has 1 atom stereocenters. The fourth-order valence-corrected chi connectivity index (χ4v) is 1.31. The van der Waals surface area contributed by atoms with Gasteiger partial charge in [-0.05, 0) is 33.2 Å². The van der Waals surface area contributed by atoms with Gasteiger partial charge < -0.3 is 5.11 Å². The van der Waals surface area contributed by atoms with Crippen molar-refractivity contribution in [1.29, 1.82) is 0 Å². The van der Waals surface area contributed by atoms with Crippen LogP contribution in [0.4, 0.5) is 0 Å². The van der Waals surface area contributed by atoms with Crippen LogP contribution in [0.5, 0.6) is 0 Å². The van der Waals surface area contributed by atoms with E-state index < -0.39 is 0 Å². The predicted octanol–water partition coefficient (Wildman–Crippen LogP) is 2.56. The number of unbranched alkanes of at least 4 members (excludes halogenated alkanes) is 1. The molecule has 0 aliphatic carbocycles. The van der Waals surface area contributed by atoms with E-state index in [1.54, 1.807) is 0 Å². The minimum absolute atomic E-state index is 0.320. The van der Waals surface area contributed by atoms with Gasteiger partial charge in [0, 0.05) is 6.54 Å². The topological polar surface area (TPSA) is 23.5 Å². The van der Waals surface area contributed by atoms with Crippen molar-refractivity contribution >= 4 is 0 Å². The molecule has 0 amide bonds. The van der Waals surface area contributed by atoms with E-state index >= 15 is 0 Å². The molecule has 0 heterocycles. The van der Waals surface area contributed by atoms with Crippen LogP contribution in [0.2, 0.25) is 0 Å². The fourth-order valence-electron chi connectivity index (χ4n) is 1.31.